The molecule has 1 aliphatic heterocycles. The van der Waals surface area contributed by atoms with Crippen molar-refractivity contribution in [3.63, 3.8) is 0 Å². The van der Waals surface area contributed by atoms with Crippen LogP contribution in [0, 0.1) is 0 Å². The molecule has 0 aliphatic carbocycles. The maximum absolute atomic E-state index is 10.8. The second-order valence-electron chi connectivity index (χ2n) is 2.02. The van der Waals surface area contributed by atoms with Gasteiger partial charge in [-0.15, -0.1) is 0 Å². The van der Waals surface area contributed by atoms with E-state index in [0.29, 0.717) is 0 Å². The molecular weight excluding hydrogens is 132 g/mol. The lowest BCUT2D eigenvalue weighted by Crippen LogP contribution is -2.08. The number of hydrogen-bond donors (Lipinski definition) is 1. The molecule has 1 rings (SSSR count). The third-order valence-corrected chi connectivity index (χ3v) is 1.38. The zero-order valence-electron chi connectivity index (χ0n) is 9.42. The van der Waals surface area contributed by atoms with Crippen LogP contribution in [0.2, 0.25) is 0 Å². The lowest BCUT2D eigenvalue weighted by atomic mass is 10.1. The Morgan fingerprint density at radius 2 is 2.70 bits per heavy atom. The van der Waals surface area contributed by atoms with Gasteiger partial charge in [-0.05, 0) is 13.3 Å². The van der Waals surface area contributed by atoms with Crippen LogP contribution in [-0.2, 0) is 9.53 Å². The standard InChI is InChI=1S/C7H10O3/c1-3-5-4(2)6(8)7(9)10-5/h5,8H,3H2,1-2H3/i1D3,3D. The second kappa shape index (κ2) is 2.33. The van der Waals surface area contributed by atoms with Crippen LogP contribution in [0.5, 0.6) is 0 Å². The topological polar surface area (TPSA) is 46.5 Å². The molecule has 2 unspecified atom stereocenters. The van der Waals surface area contributed by atoms with E-state index in [9.17, 15) is 4.79 Å². The lowest BCUT2D eigenvalue weighted by Gasteiger charge is -2.05. The maximum Gasteiger partial charge on any atom is 0.374 e. The van der Waals surface area contributed by atoms with Gasteiger partial charge in [0, 0.05) is 11.1 Å². The molecule has 0 spiro atoms. The lowest BCUT2D eigenvalue weighted by molar-refractivity contribution is -0.142. The predicted molar refractivity (Wildman–Crippen MR) is 35.5 cm³/mol. The summed E-state index contributed by atoms with van der Waals surface area (Å²) in [6, 6.07) is 0. The first-order valence-electron chi connectivity index (χ1n) is 4.86. The van der Waals surface area contributed by atoms with Crippen molar-refractivity contribution in [1.29, 1.82) is 0 Å². The van der Waals surface area contributed by atoms with Gasteiger partial charge in [0.25, 0.3) is 0 Å². The van der Waals surface area contributed by atoms with Gasteiger partial charge in [0.15, 0.2) is 0 Å². The van der Waals surface area contributed by atoms with E-state index >= 15 is 0 Å². The summed E-state index contributed by atoms with van der Waals surface area (Å²) in [5.74, 6) is -1.55. The average Bonchev–Trinajstić information content (AvgIpc) is 2.30. The number of esters is 1. The monoisotopic (exact) mass is 146 g/mol. The Balaban J connectivity index is 2.89. The molecule has 0 saturated carbocycles. The minimum atomic E-state index is -2.53. The van der Waals surface area contributed by atoms with Gasteiger partial charge in [-0.25, -0.2) is 4.79 Å². The van der Waals surface area contributed by atoms with E-state index in [-0.39, 0.29) is 5.57 Å². The van der Waals surface area contributed by atoms with E-state index in [1.807, 2.05) is 0 Å². The van der Waals surface area contributed by atoms with Gasteiger partial charge in [0.05, 0.1) is 0 Å². The highest BCUT2D eigenvalue weighted by Gasteiger charge is 2.29. The van der Waals surface area contributed by atoms with E-state index in [0.717, 1.165) is 0 Å². The van der Waals surface area contributed by atoms with E-state index in [1.165, 1.54) is 6.92 Å². The molecule has 3 heteroatoms. The normalized spacial score (nSPS) is 35.7. The highest BCUT2D eigenvalue weighted by molar-refractivity contribution is 5.89. The summed E-state index contributed by atoms with van der Waals surface area (Å²) in [5, 5.41) is 9.09. The van der Waals surface area contributed by atoms with Crippen molar-refractivity contribution in [2.45, 2.75) is 26.3 Å². The molecule has 1 heterocycles. The number of carbonyl (C=O) groups excluding carboxylic acids is 1. The van der Waals surface area contributed by atoms with Crippen molar-refractivity contribution in [1.82, 2.24) is 0 Å². The summed E-state index contributed by atoms with van der Waals surface area (Å²) in [6.45, 7) is -1.16. The highest BCUT2D eigenvalue weighted by atomic mass is 16.6. The first-order chi connectivity index (χ1) is 6.25. The number of cyclic esters (lactones) is 1. The van der Waals surface area contributed by atoms with Crippen molar-refractivity contribution in [3.8, 4) is 0 Å². The minimum absolute atomic E-state index is 0.103. The average molecular weight is 146 g/mol. The van der Waals surface area contributed by atoms with E-state index in [4.69, 9.17) is 10.6 Å². The zero-order valence-corrected chi connectivity index (χ0v) is 5.42. The third-order valence-electron chi connectivity index (χ3n) is 1.38. The maximum atomic E-state index is 10.8. The van der Waals surface area contributed by atoms with Crippen LogP contribution >= 0.6 is 0 Å². The number of rotatable bonds is 1. The number of aliphatic hydroxyl groups is 1. The fourth-order valence-corrected chi connectivity index (χ4v) is 0.714. The van der Waals surface area contributed by atoms with Crippen LogP contribution in [0.4, 0.5) is 0 Å². The Morgan fingerprint density at radius 1 is 2.00 bits per heavy atom. The van der Waals surface area contributed by atoms with Crippen molar-refractivity contribution in [2.75, 3.05) is 0 Å². The molecule has 0 aromatic heterocycles. The van der Waals surface area contributed by atoms with Crippen molar-refractivity contribution < 1.29 is 20.1 Å². The molecule has 0 radical (unpaired) electrons. The quantitative estimate of drug-likeness (QED) is 0.564. The Hall–Kier alpha value is -0.990. The van der Waals surface area contributed by atoms with E-state index < -0.39 is 31.1 Å². The van der Waals surface area contributed by atoms with Crippen LogP contribution in [0.1, 0.15) is 25.7 Å². The van der Waals surface area contributed by atoms with Gasteiger partial charge in [0.2, 0.25) is 5.76 Å². The third kappa shape index (κ3) is 0.875. The Bertz CT molecular complexity index is 294. The number of hydrogen-bond acceptors (Lipinski definition) is 3. The Morgan fingerprint density at radius 3 is 3.10 bits per heavy atom. The molecule has 0 fully saturated rings. The zero-order chi connectivity index (χ0) is 11.1. The van der Waals surface area contributed by atoms with Gasteiger partial charge >= 0.3 is 5.97 Å². The van der Waals surface area contributed by atoms with Crippen LogP contribution in [0.3, 0.4) is 0 Å². The summed E-state index contributed by atoms with van der Waals surface area (Å²) in [7, 11) is 0. The van der Waals surface area contributed by atoms with Crippen molar-refractivity contribution in [2.24, 2.45) is 0 Å². The van der Waals surface area contributed by atoms with Gasteiger partial charge in [-0.2, -0.15) is 0 Å². The van der Waals surface area contributed by atoms with Crippen LogP contribution < -0.4 is 0 Å². The molecule has 10 heavy (non-hydrogen) atoms. The predicted octanol–water partition coefficient (Wildman–Crippen LogP) is 1.15. The Labute approximate surface area is 64.9 Å². The van der Waals surface area contributed by atoms with Crippen molar-refractivity contribution >= 4 is 5.97 Å². The molecule has 0 aromatic rings. The van der Waals surface area contributed by atoms with E-state index in [2.05, 4.69) is 4.74 Å². The van der Waals surface area contributed by atoms with Crippen LogP contribution in [0.25, 0.3) is 0 Å². The molecule has 0 bridgehead atoms. The fraction of sp³-hybridized carbons (Fsp3) is 0.571. The van der Waals surface area contributed by atoms with Gasteiger partial charge in [-0.3, -0.25) is 0 Å². The Kier molecular flexibility index (Phi) is 0.794. The molecule has 2 atom stereocenters. The summed E-state index contributed by atoms with van der Waals surface area (Å²) in [4.78, 5) is 10.8. The molecule has 1 aliphatic rings. The molecule has 0 amide bonds. The molecule has 1 N–H and O–H groups in total. The first kappa shape index (κ1) is 3.42. The van der Waals surface area contributed by atoms with Gasteiger partial charge in [0.1, 0.15) is 6.10 Å². The molecule has 3 nitrogen and oxygen atoms in total. The summed E-state index contributed by atoms with van der Waals surface area (Å²) in [5.41, 5.74) is 0.103. The van der Waals surface area contributed by atoms with Crippen LogP contribution in [0.15, 0.2) is 11.3 Å². The first-order valence-corrected chi connectivity index (χ1v) is 2.78. The second-order valence-corrected chi connectivity index (χ2v) is 2.02. The van der Waals surface area contributed by atoms with Gasteiger partial charge < -0.3 is 9.84 Å². The number of ether oxygens (including phenoxy) is 1. The number of carbonyl (C=O) groups is 1. The van der Waals surface area contributed by atoms with Crippen molar-refractivity contribution in [3.05, 3.63) is 11.3 Å². The van der Waals surface area contributed by atoms with Gasteiger partial charge in [-0.1, -0.05) is 6.85 Å². The summed E-state index contributed by atoms with van der Waals surface area (Å²) < 4.78 is 32.8. The largest absolute Gasteiger partial charge is 0.502 e. The summed E-state index contributed by atoms with van der Waals surface area (Å²) >= 11 is 0. The fourth-order valence-electron chi connectivity index (χ4n) is 0.714. The molecule has 56 valence electrons. The number of aliphatic hydroxyl groups excluding tert-OH is 1. The smallest absolute Gasteiger partial charge is 0.374 e. The molecule has 0 aromatic carbocycles. The molecular formula is C7H10O3. The SMILES string of the molecule is [2H]C(C1OC(=O)C(O)=C1C)C([2H])([2H])[2H]. The summed E-state index contributed by atoms with van der Waals surface area (Å²) in [6.07, 6.45) is -2.73. The van der Waals surface area contributed by atoms with Crippen LogP contribution in [-0.4, -0.2) is 17.2 Å². The highest BCUT2D eigenvalue weighted by Crippen LogP contribution is 2.21. The molecule has 0 saturated heterocycles. The minimum Gasteiger partial charge on any atom is -0.502 e. The van der Waals surface area contributed by atoms with E-state index in [1.54, 1.807) is 0 Å².